The highest BCUT2D eigenvalue weighted by atomic mass is 16.2. The van der Waals surface area contributed by atoms with E-state index >= 15 is 0 Å². The zero-order chi connectivity index (χ0) is 15.8. The Labute approximate surface area is 137 Å². The van der Waals surface area contributed by atoms with Crippen LogP contribution in [0.2, 0.25) is 0 Å². The van der Waals surface area contributed by atoms with Crippen LogP contribution in [0.1, 0.15) is 32.1 Å². The summed E-state index contributed by atoms with van der Waals surface area (Å²) >= 11 is 0. The number of aryl methyl sites for hydroxylation is 1. The quantitative estimate of drug-likeness (QED) is 0.903. The average molecular weight is 317 g/mol. The van der Waals surface area contributed by atoms with Crippen molar-refractivity contribution in [3.8, 4) is 0 Å². The number of nitrogens with one attached hydrogen (secondary N) is 1. The number of anilines is 1. The fraction of sp³-hybridized carbons (Fsp3) is 0.765. The molecule has 126 valence electrons. The van der Waals surface area contributed by atoms with Crippen LogP contribution in [0.4, 0.5) is 5.69 Å². The largest absolute Gasteiger partial charge is 0.365 e. The number of piperidine rings is 1. The minimum Gasteiger partial charge on any atom is -0.365 e. The van der Waals surface area contributed by atoms with E-state index in [0.29, 0.717) is 23.9 Å². The molecule has 3 fully saturated rings. The van der Waals surface area contributed by atoms with E-state index in [9.17, 15) is 4.79 Å². The number of piperazine rings is 1. The molecule has 2 bridgehead atoms. The lowest BCUT2D eigenvalue weighted by Crippen LogP contribution is -2.49. The normalized spacial score (nSPS) is 30.7. The highest BCUT2D eigenvalue weighted by Crippen LogP contribution is 2.33. The first-order valence-corrected chi connectivity index (χ1v) is 8.95. The van der Waals surface area contributed by atoms with Crippen LogP contribution < -0.4 is 10.2 Å². The molecule has 6 nitrogen and oxygen atoms in total. The van der Waals surface area contributed by atoms with E-state index in [0.717, 1.165) is 38.3 Å². The summed E-state index contributed by atoms with van der Waals surface area (Å²) < 4.78 is 1.83. The van der Waals surface area contributed by atoms with Crippen molar-refractivity contribution >= 4 is 11.6 Å². The first-order chi connectivity index (χ1) is 11.2. The summed E-state index contributed by atoms with van der Waals surface area (Å²) in [5.41, 5.74) is 1.16. The standard InChI is InChI=1S/C17H27N5O/c1-20-12-16(11-18-20)21-4-6-22(7-5-21)17(23)10-13-8-14-2-3-15(9-13)19-14/h11-15,19H,2-10H2,1H3. The molecule has 1 aromatic heterocycles. The zero-order valence-corrected chi connectivity index (χ0v) is 13.9. The number of amides is 1. The maximum absolute atomic E-state index is 12.6. The van der Waals surface area contributed by atoms with Gasteiger partial charge in [0.05, 0.1) is 11.9 Å². The summed E-state index contributed by atoms with van der Waals surface area (Å²) in [6, 6.07) is 1.35. The Morgan fingerprint density at radius 3 is 2.52 bits per heavy atom. The van der Waals surface area contributed by atoms with Crippen LogP contribution in [-0.4, -0.2) is 58.9 Å². The highest BCUT2D eigenvalue weighted by Gasteiger charge is 2.35. The summed E-state index contributed by atoms with van der Waals surface area (Å²) in [4.78, 5) is 17.0. The molecule has 23 heavy (non-hydrogen) atoms. The monoisotopic (exact) mass is 317 g/mol. The van der Waals surface area contributed by atoms with Crippen LogP contribution in [0.5, 0.6) is 0 Å². The smallest absolute Gasteiger partial charge is 0.222 e. The van der Waals surface area contributed by atoms with Crippen LogP contribution in [0.25, 0.3) is 0 Å². The van der Waals surface area contributed by atoms with Gasteiger partial charge in [-0.15, -0.1) is 0 Å². The van der Waals surface area contributed by atoms with Crippen molar-refractivity contribution in [2.45, 2.75) is 44.2 Å². The third-order valence-corrected chi connectivity index (χ3v) is 5.72. The summed E-state index contributed by atoms with van der Waals surface area (Å²) in [5.74, 6) is 0.958. The third kappa shape index (κ3) is 3.22. The number of carbonyl (C=O) groups is 1. The molecule has 0 saturated carbocycles. The number of nitrogens with zero attached hydrogens (tertiary/aromatic N) is 4. The van der Waals surface area contributed by atoms with Crippen LogP contribution >= 0.6 is 0 Å². The Balaban J connectivity index is 1.27. The van der Waals surface area contributed by atoms with Crippen molar-refractivity contribution in [2.24, 2.45) is 13.0 Å². The molecule has 0 spiro atoms. The number of aromatic nitrogens is 2. The molecule has 3 aliphatic heterocycles. The molecule has 0 aliphatic carbocycles. The maximum Gasteiger partial charge on any atom is 0.222 e. The molecule has 2 unspecified atom stereocenters. The Kier molecular flexibility index (Phi) is 4.01. The van der Waals surface area contributed by atoms with Crippen molar-refractivity contribution in [3.63, 3.8) is 0 Å². The van der Waals surface area contributed by atoms with Gasteiger partial charge in [0.1, 0.15) is 0 Å². The van der Waals surface area contributed by atoms with Gasteiger partial charge in [0.15, 0.2) is 0 Å². The van der Waals surface area contributed by atoms with Gasteiger partial charge < -0.3 is 15.1 Å². The van der Waals surface area contributed by atoms with E-state index in [1.807, 2.05) is 24.1 Å². The second-order valence-corrected chi connectivity index (χ2v) is 7.42. The van der Waals surface area contributed by atoms with E-state index in [4.69, 9.17) is 0 Å². The number of carbonyl (C=O) groups excluding carboxylic acids is 1. The Morgan fingerprint density at radius 1 is 1.22 bits per heavy atom. The molecule has 2 atom stereocenters. The second kappa shape index (κ2) is 6.15. The summed E-state index contributed by atoms with van der Waals surface area (Å²) in [6.45, 7) is 3.50. The van der Waals surface area contributed by atoms with Gasteiger partial charge in [-0.1, -0.05) is 0 Å². The molecule has 3 aliphatic rings. The van der Waals surface area contributed by atoms with Gasteiger partial charge in [0, 0.05) is 57.9 Å². The van der Waals surface area contributed by atoms with Crippen molar-refractivity contribution in [2.75, 3.05) is 31.1 Å². The summed E-state index contributed by atoms with van der Waals surface area (Å²) in [6.07, 6.45) is 9.69. The van der Waals surface area contributed by atoms with Crippen molar-refractivity contribution in [1.82, 2.24) is 20.0 Å². The van der Waals surface area contributed by atoms with E-state index in [1.54, 1.807) is 0 Å². The van der Waals surface area contributed by atoms with Crippen LogP contribution in [0.3, 0.4) is 0 Å². The third-order valence-electron chi connectivity index (χ3n) is 5.72. The lowest BCUT2D eigenvalue weighted by molar-refractivity contribution is -0.132. The van der Waals surface area contributed by atoms with Crippen LogP contribution in [-0.2, 0) is 11.8 Å². The predicted octanol–water partition coefficient (Wildman–Crippen LogP) is 0.989. The van der Waals surface area contributed by atoms with Gasteiger partial charge in [-0.2, -0.15) is 5.10 Å². The average Bonchev–Trinajstić information content (AvgIpc) is 3.13. The maximum atomic E-state index is 12.6. The molecule has 0 radical (unpaired) electrons. The Morgan fingerprint density at radius 2 is 1.91 bits per heavy atom. The van der Waals surface area contributed by atoms with E-state index in [-0.39, 0.29) is 0 Å². The lowest BCUT2D eigenvalue weighted by atomic mass is 9.89. The number of hydrogen-bond donors (Lipinski definition) is 1. The SMILES string of the molecule is Cn1cc(N2CCN(C(=O)CC3CC4CCC(C3)N4)CC2)cn1. The summed E-state index contributed by atoms with van der Waals surface area (Å²) in [5, 5.41) is 7.89. The Bertz CT molecular complexity index is 551. The molecule has 1 amide bonds. The molecule has 4 heterocycles. The van der Waals surface area contributed by atoms with Crippen LogP contribution in [0, 0.1) is 5.92 Å². The van der Waals surface area contributed by atoms with Crippen LogP contribution in [0.15, 0.2) is 12.4 Å². The van der Waals surface area contributed by atoms with Crippen molar-refractivity contribution < 1.29 is 4.79 Å². The first-order valence-electron chi connectivity index (χ1n) is 8.95. The minimum atomic E-state index is 0.363. The lowest BCUT2D eigenvalue weighted by Gasteiger charge is -2.36. The Hall–Kier alpha value is -1.56. The molecule has 1 aromatic rings. The minimum absolute atomic E-state index is 0.363. The molecule has 3 saturated heterocycles. The van der Waals surface area contributed by atoms with E-state index in [2.05, 4.69) is 20.2 Å². The highest BCUT2D eigenvalue weighted by molar-refractivity contribution is 5.76. The van der Waals surface area contributed by atoms with Gasteiger partial charge in [-0.3, -0.25) is 9.48 Å². The van der Waals surface area contributed by atoms with Gasteiger partial charge in [-0.25, -0.2) is 0 Å². The number of fused-ring (bicyclic) bond motifs is 2. The van der Waals surface area contributed by atoms with Gasteiger partial charge in [-0.05, 0) is 31.6 Å². The molecular formula is C17H27N5O. The molecular weight excluding hydrogens is 290 g/mol. The molecule has 0 aromatic carbocycles. The van der Waals surface area contributed by atoms with E-state index < -0.39 is 0 Å². The second-order valence-electron chi connectivity index (χ2n) is 7.42. The fourth-order valence-electron chi connectivity index (χ4n) is 4.50. The van der Waals surface area contributed by atoms with Gasteiger partial charge >= 0.3 is 0 Å². The zero-order valence-electron chi connectivity index (χ0n) is 13.9. The number of hydrogen-bond acceptors (Lipinski definition) is 4. The van der Waals surface area contributed by atoms with Gasteiger partial charge in [0.25, 0.3) is 0 Å². The predicted molar refractivity (Wildman–Crippen MR) is 89.3 cm³/mol. The fourth-order valence-corrected chi connectivity index (χ4v) is 4.50. The van der Waals surface area contributed by atoms with E-state index in [1.165, 1.54) is 25.7 Å². The molecule has 6 heteroatoms. The first kappa shape index (κ1) is 15.0. The molecule has 4 rings (SSSR count). The van der Waals surface area contributed by atoms with Crippen molar-refractivity contribution in [1.29, 1.82) is 0 Å². The van der Waals surface area contributed by atoms with Gasteiger partial charge in [0.2, 0.25) is 5.91 Å². The summed E-state index contributed by atoms with van der Waals surface area (Å²) in [7, 11) is 1.94. The van der Waals surface area contributed by atoms with Crippen molar-refractivity contribution in [3.05, 3.63) is 12.4 Å². The number of rotatable bonds is 3. The molecule has 1 N–H and O–H groups in total. The topological polar surface area (TPSA) is 53.4 Å².